The van der Waals surface area contributed by atoms with E-state index in [1.54, 1.807) is 18.2 Å². The van der Waals surface area contributed by atoms with E-state index >= 15 is 0 Å². The molecular formula is C9H9O2. The number of hydrogen-bond donors (Lipinski definition) is 0. The van der Waals surface area contributed by atoms with Crippen LogP contribution in [0.2, 0.25) is 0 Å². The van der Waals surface area contributed by atoms with Crippen LogP contribution in [0.3, 0.4) is 0 Å². The fourth-order valence-electron chi connectivity index (χ4n) is 0.831. The van der Waals surface area contributed by atoms with Crippen molar-refractivity contribution in [1.29, 1.82) is 0 Å². The van der Waals surface area contributed by atoms with Crippen molar-refractivity contribution in [2.75, 3.05) is 7.11 Å². The predicted molar refractivity (Wildman–Crippen MR) is 41.4 cm³/mol. The van der Waals surface area contributed by atoms with Crippen LogP contribution in [0.25, 0.3) is 0 Å². The Kier molecular flexibility index (Phi) is 2.26. The lowest BCUT2D eigenvalue weighted by molar-refractivity contribution is 0.0600. The van der Waals surface area contributed by atoms with Gasteiger partial charge in [-0.1, -0.05) is 6.07 Å². The highest BCUT2D eigenvalue weighted by molar-refractivity contribution is 5.89. The Hall–Kier alpha value is -1.31. The summed E-state index contributed by atoms with van der Waals surface area (Å²) in [6, 6.07) is 8.07. The standard InChI is InChI=1S/C9H9O2/c1-7-4-3-5-8(6-7)9(10)11-2/h3,5-6H,1-2H3. The molecule has 0 fully saturated rings. The summed E-state index contributed by atoms with van der Waals surface area (Å²) >= 11 is 0. The van der Waals surface area contributed by atoms with Crippen molar-refractivity contribution in [1.82, 2.24) is 0 Å². The second kappa shape index (κ2) is 3.19. The van der Waals surface area contributed by atoms with Gasteiger partial charge >= 0.3 is 5.97 Å². The molecule has 1 radical (unpaired) electrons. The maximum Gasteiger partial charge on any atom is 0.337 e. The van der Waals surface area contributed by atoms with E-state index in [1.165, 1.54) is 7.11 Å². The predicted octanol–water partition coefficient (Wildman–Crippen LogP) is 1.58. The maximum atomic E-state index is 10.9. The van der Waals surface area contributed by atoms with Crippen molar-refractivity contribution in [3.05, 3.63) is 35.4 Å². The highest BCUT2D eigenvalue weighted by Crippen LogP contribution is 2.03. The molecule has 0 spiro atoms. The van der Waals surface area contributed by atoms with Gasteiger partial charge in [0, 0.05) is 0 Å². The highest BCUT2D eigenvalue weighted by atomic mass is 16.5. The van der Waals surface area contributed by atoms with E-state index in [2.05, 4.69) is 10.8 Å². The lowest BCUT2D eigenvalue weighted by atomic mass is 10.1. The summed E-state index contributed by atoms with van der Waals surface area (Å²) in [6.07, 6.45) is 0. The molecule has 57 valence electrons. The molecule has 0 bridgehead atoms. The van der Waals surface area contributed by atoms with Crippen LogP contribution < -0.4 is 0 Å². The van der Waals surface area contributed by atoms with Gasteiger partial charge in [-0.3, -0.25) is 0 Å². The van der Waals surface area contributed by atoms with E-state index < -0.39 is 0 Å². The molecule has 2 nitrogen and oxygen atoms in total. The van der Waals surface area contributed by atoms with Gasteiger partial charge in [0.25, 0.3) is 0 Å². The highest BCUT2D eigenvalue weighted by Gasteiger charge is 2.02. The number of aryl methyl sites for hydroxylation is 1. The van der Waals surface area contributed by atoms with Crippen LogP contribution >= 0.6 is 0 Å². The van der Waals surface area contributed by atoms with Gasteiger partial charge in [0.2, 0.25) is 0 Å². The number of ether oxygens (including phenoxy) is 1. The fraction of sp³-hybridized carbons (Fsp3) is 0.222. The number of methoxy groups -OCH3 is 1. The van der Waals surface area contributed by atoms with Gasteiger partial charge < -0.3 is 4.74 Å². The number of esters is 1. The Labute approximate surface area is 65.8 Å². The van der Waals surface area contributed by atoms with Crippen molar-refractivity contribution in [2.45, 2.75) is 6.92 Å². The van der Waals surface area contributed by atoms with Crippen LogP contribution in [0.4, 0.5) is 0 Å². The molecule has 2 heteroatoms. The third-order valence-electron chi connectivity index (χ3n) is 1.37. The van der Waals surface area contributed by atoms with E-state index in [1.807, 2.05) is 6.92 Å². The Morgan fingerprint density at radius 3 is 2.91 bits per heavy atom. The average molecular weight is 149 g/mol. The minimum atomic E-state index is -0.304. The molecule has 0 heterocycles. The smallest absolute Gasteiger partial charge is 0.337 e. The largest absolute Gasteiger partial charge is 0.465 e. The molecule has 1 aromatic carbocycles. The first-order valence-electron chi connectivity index (χ1n) is 3.30. The first-order valence-corrected chi connectivity index (χ1v) is 3.30. The molecule has 0 aliphatic rings. The van der Waals surface area contributed by atoms with Gasteiger partial charge in [-0.2, -0.15) is 0 Å². The second-order valence-electron chi connectivity index (χ2n) is 2.25. The zero-order valence-electron chi connectivity index (χ0n) is 6.55. The summed E-state index contributed by atoms with van der Waals surface area (Å²) in [5.41, 5.74) is 1.51. The van der Waals surface area contributed by atoms with Crippen LogP contribution in [-0.2, 0) is 4.74 Å². The Balaban J connectivity index is 2.96. The zero-order valence-corrected chi connectivity index (χ0v) is 6.55. The van der Waals surface area contributed by atoms with Crippen molar-refractivity contribution in [3.8, 4) is 0 Å². The van der Waals surface area contributed by atoms with E-state index in [4.69, 9.17) is 0 Å². The van der Waals surface area contributed by atoms with Crippen molar-refractivity contribution in [3.63, 3.8) is 0 Å². The molecule has 0 atom stereocenters. The molecule has 1 aromatic rings. The summed E-state index contributed by atoms with van der Waals surface area (Å²) < 4.78 is 4.54. The van der Waals surface area contributed by atoms with Gasteiger partial charge in [-0.15, -0.1) is 0 Å². The Bertz CT molecular complexity index is 266. The summed E-state index contributed by atoms with van der Waals surface area (Å²) in [7, 11) is 1.37. The molecule has 0 saturated heterocycles. The van der Waals surface area contributed by atoms with Crippen molar-refractivity contribution in [2.24, 2.45) is 0 Å². The lowest BCUT2D eigenvalue weighted by Crippen LogP contribution is -2.00. The molecule has 0 aliphatic heterocycles. The number of carbonyl (C=O) groups excluding carboxylic acids is 1. The molecule has 0 amide bonds. The molecule has 0 N–H and O–H groups in total. The monoisotopic (exact) mass is 149 g/mol. The van der Waals surface area contributed by atoms with Gasteiger partial charge in [0.1, 0.15) is 0 Å². The van der Waals surface area contributed by atoms with Gasteiger partial charge in [-0.05, 0) is 30.7 Å². The zero-order chi connectivity index (χ0) is 8.27. The first kappa shape index (κ1) is 7.79. The van der Waals surface area contributed by atoms with E-state index in [-0.39, 0.29) is 5.97 Å². The van der Waals surface area contributed by atoms with Crippen LogP contribution in [-0.4, -0.2) is 13.1 Å². The maximum absolute atomic E-state index is 10.9. The van der Waals surface area contributed by atoms with E-state index in [0.29, 0.717) is 5.56 Å². The van der Waals surface area contributed by atoms with E-state index in [9.17, 15) is 4.79 Å². The van der Waals surface area contributed by atoms with Crippen LogP contribution in [0, 0.1) is 13.0 Å². The molecule has 1 rings (SSSR count). The van der Waals surface area contributed by atoms with Gasteiger partial charge in [0.15, 0.2) is 0 Å². The average Bonchev–Trinajstić information content (AvgIpc) is 2.03. The Morgan fingerprint density at radius 1 is 1.64 bits per heavy atom. The summed E-state index contributed by atoms with van der Waals surface area (Å²) in [5.74, 6) is -0.304. The molecule has 11 heavy (non-hydrogen) atoms. The summed E-state index contributed by atoms with van der Waals surface area (Å²) in [5, 5.41) is 0. The SMILES string of the molecule is COC(=O)c1cc[c]c(C)c1. The molecule has 0 aliphatic carbocycles. The second-order valence-corrected chi connectivity index (χ2v) is 2.25. The number of hydrogen-bond acceptors (Lipinski definition) is 2. The van der Waals surface area contributed by atoms with Crippen molar-refractivity contribution < 1.29 is 9.53 Å². The lowest BCUT2D eigenvalue weighted by Gasteiger charge is -1.98. The van der Waals surface area contributed by atoms with Crippen molar-refractivity contribution >= 4 is 5.97 Å². The van der Waals surface area contributed by atoms with Crippen LogP contribution in [0.15, 0.2) is 18.2 Å². The number of carbonyl (C=O) groups is 1. The number of benzene rings is 1. The third kappa shape index (κ3) is 1.80. The molecule has 0 saturated carbocycles. The molecule has 0 unspecified atom stereocenters. The van der Waals surface area contributed by atoms with Crippen LogP contribution in [0.1, 0.15) is 15.9 Å². The van der Waals surface area contributed by atoms with Gasteiger partial charge in [0.05, 0.1) is 12.7 Å². The van der Waals surface area contributed by atoms with Crippen LogP contribution in [0.5, 0.6) is 0 Å². The minimum Gasteiger partial charge on any atom is -0.465 e. The molecule has 0 aromatic heterocycles. The van der Waals surface area contributed by atoms with E-state index in [0.717, 1.165) is 5.56 Å². The topological polar surface area (TPSA) is 26.3 Å². The quantitative estimate of drug-likeness (QED) is 0.567. The normalized spacial score (nSPS) is 9.27. The van der Waals surface area contributed by atoms with Gasteiger partial charge in [-0.25, -0.2) is 4.79 Å². The Morgan fingerprint density at radius 2 is 2.36 bits per heavy atom. The minimum absolute atomic E-state index is 0.304. The third-order valence-corrected chi connectivity index (χ3v) is 1.37. The molecular weight excluding hydrogens is 140 g/mol. The summed E-state index contributed by atoms with van der Waals surface area (Å²) in [6.45, 7) is 1.88. The number of rotatable bonds is 1. The summed E-state index contributed by atoms with van der Waals surface area (Å²) in [4.78, 5) is 10.9. The first-order chi connectivity index (χ1) is 5.24. The fourth-order valence-corrected chi connectivity index (χ4v) is 0.831.